The van der Waals surface area contributed by atoms with Crippen LogP contribution in [-0.2, 0) is 10.2 Å². The van der Waals surface area contributed by atoms with Crippen LogP contribution < -0.4 is 20.4 Å². The highest BCUT2D eigenvalue weighted by molar-refractivity contribution is 7.87. The minimum Gasteiger partial charge on any atom is -0.469 e. The number of rotatable bonds is 7. The molecule has 2 aromatic heterocycles. The zero-order chi connectivity index (χ0) is 20.5. The van der Waals surface area contributed by atoms with Crippen molar-refractivity contribution in [2.45, 2.75) is 13.0 Å². The predicted octanol–water partition coefficient (Wildman–Crippen LogP) is 0.228. The normalized spacial score (nSPS) is 12.9. The topological polar surface area (TPSA) is 168 Å². The maximum Gasteiger partial charge on any atom is 0.446 e. The summed E-state index contributed by atoms with van der Waals surface area (Å²) >= 11 is 5.75. The first-order valence-electron chi connectivity index (χ1n) is 7.47. The lowest BCUT2D eigenvalue weighted by Gasteiger charge is -2.12. The molecule has 0 saturated carbocycles. The molecule has 1 aromatic carbocycles. The molecule has 3 rings (SSSR count). The van der Waals surface area contributed by atoms with Crippen molar-refractivity contribution in [2.24, 2.45) is 5.14 Å². The van der Waals surface area contributed by atoms with Gasteiger partial charge in [0.2, 0.25) is 11.5 Å². The molecule has 0 aliphatic heterocycles. The van der Waals surface area contributed by atoms with Crippen LogP contribution >= 0.6 is 11.6 Å². The Kier molecular flexibility index (Phi) is 5.46. The Morgan fingerprint density at radius 1 is 1.39 bits per heavy atom. The monoisotopic (exact) mass is 434 g/mol. The Morgan fingerprint density at radius 3 is 2.82 bits per heavy atom. The summed E-state index contributed by atoms with van der Waals surface area (Å²) in [5, 5.41) is 15.4. The molecule has 1 unspecified atom stereocenters. The SMILES string of the molecule is CC(CNS(N)(=O)=O)Oc1nonc1-c1noc(=O)n1-c1ccc(F)c(Cl)c1. The van der Waals surface area contributed by atoms with E-state index in [2.05, 4.69) is 29.3 Å². The summed E-state index contributed by atoms with van der Waals surface area (Å²) in [6, 6.07) is 3.52. The fourth-order valence-electron chi connectivity index (χ4n) is 2.11. The third-order valence-electron chi connectivity index (χ3n) is 3.32. The van der Waals surface area contributed by atoms with E-state index in [0.29, 0.717) is 0 Å². The molecule has 0 saturated heterocycles. The number of benzene rings is 1. The van der Waals surface area contributed by atoms with E-state index in [9.17, 15) is 17.6 Å². The lowest BCUT2D eigenvalue weighted by molar-refractivity contribution is 0.198. The van der Waals surface area contributed by atoms with Gasteiger partial charge in [0.15, 0.2) is 0 Å². The average molecular weight is 435 g/mol. The first kappa shape index (κ1) is 19.9. The van der Waals surface area contributed by atoms with Gasteiger partial charge in [0.05, 0.1) is 10.7 Å². The summed E-state index contributed by atoms with van der Waals surface area (Å²) in [4.78, 5) is 12.1. The molecule has 1 atom stereocenters. The molecule has 150 valence electrons. The second-order valence-corrected chi connectivity index (χ2v) is 7.23. The van der Waals surface area contributed by atoms with Gasteiger partial charge in [-0.15, -0.1) is 0 Å². The summed E-state index contributed by atoms with van der Waals surface area (Å²) < 4.78 is 53.0. The van der Waals surface area contributed by atoms with Crippen LogP contribution in [0.2, 0.25) is 5.02 Å². The van der Waals surface area contributed by atoms with E-state index in [0.717, 1.165) is 10.6 Å². The molecular formula is C13H12ClFN6O6S. The lowest BCUT2D eigenvalue weighted by atomic mass is 10.3. The van der Waals surface area contributed by atoms with Gasteiger partial charge in [-0.2, -0.15) is 13.1 Å². The van der Waals surface area contributed by atoms with Crippen LogP contribution in [0.25, 0.3) is 17.2 Å². The number of nitrogens with zero attached hydrogens (tertiary/aromatic N) is 4. The number of nitrogens with one attached hydrogen (secondary N) is 1. The standard InChI is InChI=1S/C13H12ClFN6O6S/c1-6(5-17-28(16,23)24)25-12-10(18-27-20-12)11-19-26-13(22)21(11)7-2-3-9(15)8(14)4-7/h2-4,6,17H,5H2,1H3,(H2,16,23,24). The summed E-state index contributed by atoms with van der Waals surface area (Å²) in [7, 11) is -3.91. The lowest BCUT2D eigenvalue weighted by Crippen LogP contribution is -2.37. The summed E-state index contributed by atoms with van der Waals surface area (Å²) in [5.74, 6) is -1.94. The second-order valence-electron chi connectivity index (χ2n) is 5.45. The van der Waals surface area contributed by atoms with E-state index < -0.39 is 27.9 Å². The Morgan fingerprint density at radius 2 is 2.14 bits per heavy atom. The molecule has 0 spiro atoms. The number of nitrogens with two attached hydrogens (primary N) is 1. The van der Waals surface area contributed by atoms with Crippen molar-refractivity contribution >= 4 is 21.8 Å². The van der Waals surface area contributed by atoms with Crippen LogP contribution in [0.5, 0.6) is 5.88 Å². The Hall–Kier alpha value is -2.81. The molecule has 15 heteroatoms. The summed E-state index contributed by atoms with van der Waals surface area (Å²) in [5.41, 5.74) is 0.0271. The first-order chi connectivity index (χ1) is 13.2. The third kappa shape index (κ3) is 4.36. The highest BCUT2D eigenvalue weighted by atomic mass is 35.5. The molecule has 0 bridgehead atoms. The van der Waals surface area contributed by atoms with Gasteiger partial charge < -0.3 is 4.74 Å². The van der Waals surface area contributed by atoms with Gasteiger partial charge in [-0.25, -0.2) is 23.5 Å². The van der Waals surface area contributed by atoms with Gasteiger partial charge in [-0.3, -0.25) is 4.52 Å². The zero-order valence-corrected chi connectivity index (χ0v) is 15.6. The molecular weight excluding hydrogens is 423 g/mol. The van der Waals surface area contributed by atoms with Crippen LogP contribution in [0.3, 0.4) is 0 Å². The third-order valence-corrected chi connectivity index (χ3v) is 4.18. The molecule has 2 heterocycles. The second kappa shape index (κ2) is 7.67. The van der Waals surface area contributed by atoms with Gasteiger partial charge in [0.25, 0.3) is 16.1 Å². The maximum atomic E-state index is 13.4. The van der Waals surface area contributed by atoms with E-state index >= 15 is 0 Å². The van der Waals surface area contributed by atoms with Crippen LogP contribution in [-0.4, -0.2) is 41.1 Å². The van der Waals surface area contributed by atoms with Gasteiger partial charge in [0, 0.05) is 6.54 Å². The molecule has 3 aromatic rings. The van der Waals surface area contributed by atoms with Gasteiger partial charge in [-0.1, -0.05) is 16.8 Å². The number of hydrogen-bond donors (Lipinski definition) is 2. The minimum atomic E-state index is -3.91. The Balaban J connectivity index is 1.93. The van der Waals surface area contributed by atoms with Crippen molar-refractivity contribution in [2.75, 3.05) is 6.54 Å². The van der Waals surface area contributed by atoms with Crippen molar-refractivity contribution in [3.05, 3.63) is 39.6 Å². The maximum absolute atomic E-state index is 13.4. The quantitative estimate of drug-likeness (QED) is 0.528. The van der Waals surface area contributed by atoms with Gasteiger partial charge in [0.1, 0.15) is 11.9 Å². The first-order valence-corrected chi connectivity index (χ1v) is 9.39. The average Bonchev–Trinajstić information content (AvgIpc) is 3.21. The molecule has 0 amide bonds. The summed E-state index contributed by atoms with van der Waals surface area (Å²) in [6.07, 6.45) is -0.740. The molecule has 28 heavy (non-hydrogen) atoms. The van der Waals surface area contributed by atoms with Gasteiger partial charge in [-0.05, 0) is 35.4 Å². The van der Waals surface area contributed by atoms with Crippen LogP contribution in [0, 0.1) is 5.82 Å². The van der Waals surface area contributed by atoms with Crippen LogP contribution in [0.15, 0.2) is 32.1 Å². The molecule has 0 radical (unpaired) electrons. The molecule has 0 fully saturated rings. The van der Waals surface area contributed by atoms with Crippen molar-refractivity contribution in [1.82, 2.24) is 24.8 Å². The van der Waals surface area contributed by atoms with E-state index in [1.54, 1.807) is 0 Å². The Labute approximate surface area is 161 Å². The van der Waals surface area contributed by atoms with Crippen molar-refractivity contribution in [1.29, 1.82) is 0 Å². The van der Waals surface area contributed by atoms with Crippen LogP contribution in [0.1, 0.15) is 6.92 Å². The van der Waals surface area contributed by atoms with E-state index in [1.807, 2.05) is 0 Å². The van der Waals surface area contributed by atoms with Crippen molar-refractivity contribution in [3.8, 4) is 23.1 Å². The number of halogens is 2. The highest BCUT2D eigenvalue weighted by Crippen LogP contribution is 2.27. The number of ether oxygens (including phenoxy) is 1. The van der Waals surface area contributed by atoms with Crippen molar-refractivity contribution in [3.63, 3.8) is 0 Å². The largest absolute Gasteiger partial charge is 0.469 e. The molecule has 0 aliphatic carbocycles. The van der Waals surface area contributed by atoms with E-state index in [4.69, 9.17) is 21.5 Å². The highest BCUT2D eigenvalue weighted by Gasteiger charge is 2.25. The predicted molar refractivity (Wildman–Crippen MR) is 91.6 cm³/mol. The van der Waals surface area contributed by atoms with Crippen molar-refractivity contribution < 1.29 is 26.7 Å². The smallest absolute Gasteiger partial charge is 0.446 e. The van der Waals surface area contributed by atoms with E-state index in [1.165, 1.54) is 19.1 Å². The Bertz CT molecular complexity index is 1160. The zero-order valence-electron chi connectivity index (χ0n) is 14.0. The minimum absolute atomic E-state index is 0.117. The molecule has 3 N–H and O–H groups in total. The van der Waals surface area contributed by atoms with Gasteiger partial charge >= 0.3 is 5.76 Å². The number of aromatic nitrogens is 4. The molecule has 0 aliphatic rings. The molecule has 12 nitrogen and oxygen atoms in total. The summed E-state index contributed by atoms with van der Waals surface area (Å²) in [6.45, 7) is 1.34. The number of hydrogen-bond acceptors (Lipinski definition) is 9. The van der Waals surface area contributed by atoms with E-state index in [-0.39, 0.29) is 34.7 Å². The van der Waals surface area contributed by atoms with Crippen LogP contribution in [0.4, 0.5) is 4.39 Å². The fraction of sp³-hybridized carbons (Fsp3) is 0.231. The fourth-order valence-corrected chi connectivity index (χ4v) is 2.75.